The molecule has 3 N–H and O–H groups in total. The maximum Gasteiger partial charge on any atom is 0.0530 e. The molecule has 0 saturated heterocycles. The summed E-state index contributed by atoms with van der Waals surface area (Å²) in [6.07, 6.45) is 0.527. The Labute approximate surface area is 137 Å². The fourth-order valence-corrected chi connectivity index (χ4v) is 3.06. The lowest BCUT2D eigenvalue weighted by atomic mass is 9.99. The average Bonchev–Trinajstić information content (AvgIpc) is 2.41. The molecular weight excluding hydrogens is 338 g/mol. The van der Waals surface area contributed by atoms with Gasteiger partial charge in [0.25, 0.3) is 0 Å². The van der Waals surface area contributed by atoms with Gasteiger partial charge in [0, 0.05) is 25.7 Å². The molecule has 0 saturated carbocycles. The maximum absolute atomic E-state index is 6.20. The second-order valence-corrected chi connectivity index (χ2v) is 5.95. The number of hydrazine groups is 1. The molecule has 0 spiro atoms. The molecule has 2 aromatic rings. The molecule has 0 aliphatic rings. The number of rotatable bonds is 4. The number of halogens is 4. The van der Waals surface area contributed by atoms with Crippen LogP contribution in [0.4, 0.5) is 0 Å². The van der Waals surface area contributed by atoms with E-state index in [1.165, 1.54) is 0 Å². The van der Waals surface area contributed by atoms with E-state index < -0.39 is 0 Å². The minimum atomic E-state index is -0.257. The van der Waals surface area contributed by atoms with Crippen LogP contribution in [0.15, 0.2) is 36.4 Å². The number of nitrogens with two attached hydrogens (primary N) is 1. The zero-order chi connectivity index (χ0) is 14.7. The van der Waals surface area contributed by atoms with E-state index in [2.05, 4.69) is 5.43 Å². The van der Waals surface area contributed by atoms with E-state index in [4.69, 9.17) is 52.2 Å². The lowest BCUT2D eigenvalue weighted by Crippen LogP contribution is -2.30. The lowest BCUT2D eigenvalue weighted by Gasteiger charge is -2.20. The lowest BCUT2D eigenvalue weighted by molar-refractivity contribution is 0.552. The predicted octanol–water partition coefficient (Wildman–Crippen LogP) is 5.05. The van der Waals surface area contributed by atoms with Gasteiger partial charge in [-0.25, -0.2) is 0 Å². The van der Waals surface area contributed by atoms with Gasteiger partial charge in [0.05, 0.1) is 6.04 Å². The number of benzene rings is 2. The van der Waals surface area contributed by atoms with Crippen LogP contribution in [-0.2, 0) is 6.42 Å². The fraction of sp³-hybridized carbons (Fsp3) is 0.143. The maximum atomic E-state index is 6.20. The van der Waals surface area contributed by atoms with Crippen LogP contribution in [0.1, 0.15) is 17.2 Å². The van der Waals surface area contributed by atoms with Gasteiger partial charge in [0.15, 0.2) is 0 Å². The van der Waals surface area contributed by atoms with Gasteiger partial charge in [-0.3, -0.25) is 11.3 Å². The Morgan fingerprint density at radius 1 is 0.950 bits per heavy atom. The van der Waals surface area contributed by atoms with E-state index in [9.17, 15) is 0 Å². The highest BCUT2D eigenvalue weighted by Crippen LogP contribution is 2.33. The third-order valence-electron chi connectivity index (χ3n) is 2.98. The van der Waals surface area contributed by atoms with Gasteiger partial charge in [-0.15, -0.1) is 0 Å². The summed E-state index contributed by atoms with van der Waals surface area (Å²) in [5, 5.41) is 2.35. The van der Waals surface area contributed by atoms with Crippen molar-refractivity contribution in [2.24, 2.45) is 5.84 Å². The van der Waals surface area contributed by atoms with Crippen LogP contribution >= 0.6 is 46.4 Å². The summed E-state index contributed by atoms with van der Waals surface area (Å²) in [6.45, 7) is 0. The highest BCUT2D eigenvalue weighted by molar-refractivity contribution is 6.36. The molecule has 0 aromatic heterocycles. The molecule has 0 radical (unpaired) electrons. The third-order valence-corrected chi connectivity index (χ3v) is 4.24. The van der Waals surface area contributed by atoms with Crippen LogP contribution in [0, 0.1) is 0 Å². The van der Waals surface area contributed by atoms with Crippen LogP contribution < -0.4 is 11.3 Å². The largest absolute Gasteiger partial charge is 0.271 e. The molecule has 0 aliphatic heterocycles. The summed E-state index contributed by atoms with van der Waals surface area (Å²) >= 11 is 24.6. The summed E-state index contributed by atoms with van der Waals surface area (Å²) in [6, 6.07) is 10.4. The van der Waals surface area contributed by atoms with Gasteiger partial charge in [-0.2, -0.15) is 0 Å². The standard InChI is InChI=1S/C14H12Cl4N2/c15-9-4-5-10(16)8(6-9)7-13(20-19)14-11(17)2-1-3-12(14)18/h1-6,13,20H,7,19H2. The van der Waals surface area contributed by atoms with Crippen molar-refractivity contribution in [2.75, 3.05) is 0 Å². The fourth-order valence-electron chi connectivity index (χ4n) is 2.01. The highest BCUT2D eigenvalue weighted by atomic mass is 35.5. The van der Waals surface area contributed by atoms with Crippen molar-refractivity contribution in [3.05, 3.63) is 67.6 Å². The summed E-state index contributed by atoms with van der Waals surface area (Å²) in [4.78, 5) is 0. The van der Waals surface area contributed by atoms with Crippen LogP contribution in [0.25, 0.3) is 0 Å². The molecule has 0 aliphatic carbocycles. The van der Waals surface area contributed by atoms with Crippen LogP contribution in [0.2, 0.25) is 20.1 Å². The minimum absolute atomic E-state index is 0.257. The molecule has 0 amide bonds. The molecule has 2 rings (SSSR count). The first kappa shape index (κ1) is 15.9. The second-order valence-electron chi connectivity index (χ2n) is 4.29. The Morgan fingerprint density at radius 3 is 2.20 bits per heavy atom. The van der Waals surface area contributed by atoms with Crippen molar-refractivity contribution < 1.29 is 0 Å². The van der Waals surface area contributed by atoms with Crippen molar-refractivity contribution in [3.63, 3.8) is 0 Å². The monoisotopic (exact) mass is 348 g/mol. The predicted molar refractivity (Wildman–Crippen MR) is 86.7 cm³/mol. The van der Waals surface area contributed by atoms with E-state index in [1.807, 2.05) is 0 Å². The van der Waals surface area contributed by atoms with Crippen molar-refractivity contribution in [1.82, 2.24) is 5.43 Å². The number of hydrogen-bond acceptors (Lipinski definition) is 2. The van der Waals surface area contributed by atoms with Gasteiger partial charge in [-0.1, -0.05) is 52.5 Å². The minimum Gasteiger partial charge on any atom is -0.271 e. The Balaban J connectivity index is 2.36. The van der Waals surface area contributed by atoms with Crippen molar-refractivity contribution in [2.45, 2.75) is 12.5 Å². The Kier molecular flexibility index (Phi) is 5.56. The summed E-state index contributed by atoms with van der Waals surface area (Å²) in [5.74, 6) is 5.64. The SMILES string of the molecule is NNC(Cc1cc(Cl)ccc1Cl)c1c(Cl)cccc1Cl. The van der Waals surface area contributed by atoms with E-state index in [-0.39, 0.29) is 6.04 Å². The Morgan fingerprint density at radius 2 is 1.60 bits per heavy atom. The Hall–Kier alpha value is -0.480. The first-order valence-electron chi connectivity index (χ1n) is 5.87. The third kappa shape index (κ3) is 3.59. The summed E-state index contributed by atoms with van der Waals surface area (Å²) in [5.41, 5.74) is 4.34. The molecule has 0 fully saturated rings. The van der Waals surface area contributed by atoms with Crippen LogP contribution in [0.3, 0.4) is 0 Å². The molecule has 6 heteroatoms. The highest BCUT2D eigenvalue weighted by Gasteiger charge is 2.18. The van der Waals surface area contributed by atoms with Crippen molar-refractivity contribution >= 4 is 46.4 Å². The molecule has 2 aromatic carbocycles. The Bertz CT molecular complexity index is 596. The van der Waals surface area contributed by atoms with Gasteiger partial charge in [-0.05, 0) is 42.3 Å². The van der Waals surface area contributed by atoms with E-state index in [1.54, 1.807) is 36.4 Å². The van der Waals surface area contributed by atoms with Gasteiger partial charge >= 0.3 is 0 Å². The molecule has 106 valence electrons. The summed E-state index contributed by atoms with van der Waals surface area (Å²) in [7, 11) is 0. The quantitative estimate of drug-likeness (QED) is 0.598. The van der Waals surface area contributed by atoms with Gasteiger partial charge in [0.1, 0.15) is 0 Å². The molecule has 20 heavy (non-hydrogen) atoms. The van der Waals surface area contributed by atoms with E-state index >= 15 is 0 Å². The topological polar surface area (TPSA) is 38.0 Å². The molecular formula is C14H12Cl4N2. The number of nitrogens with one attached hydrogen (secondary N) is 1. The second kappa shape index (κ2) is 6.99. The van der Waals surface area contributed by atoms with E-state index in [0.717, 1.165) is 11.1 Å². The molecule has 1 atom stereocenters. The van der Waals surface area contributed by atoms with Gasteiger partial charge < -0.3 is 0 Å². The van der Waals surface area contributed by atoms with Crippen molar-refractivity contribution in [1.29, 1.82) is 0 Å². The zero-order valence-electron chi connectivity index (χ0n) is 10.3. The smallest absolute Gasteiger partial charge is 0.0530 e. The average molecular weight is 350 g/mol. The number of hydrogen-bond donors (Lipinski definition) is 2. The van der Waals surface area contributed by atoms with Crippen LogP contribution in [-0.4, -0.2) is 0 Å². The van der Waals surface area contributed by atoms with Crippen LogP contribution in [0.5, 0.6) is 0 Å². The van der Waals surface area contributed by atoms with Crippen molar-refractivity contribution in [3.8, 4) is 0 Å². The van der Waals surface area contributed by atoms with Gasteiger partial charge in [0.2, 0.25) is 0 Å². The summed E-state index contributed by atoms with van der Waals surface area (Å²) < 4.78 is 0. The molecule has 0 heterocycles. The van der Waals surface area contributed by atoms with E-state index in [0.29, 0.717) is 26.5 Å². The molecule has 1 unspecified atom stereocenters. The first-order chi connectivity index (χ1) is 9.52. The normalized spacial score (nSPS) is 12.4. The molecule has 2 nitrogen and oxygen atoms in total. The first-order valence-corrected chi connectivity index (χ1v) is 7.38. The zero-order valence-corrected chi connectivity index (χ0v) is 13.4. The molecule has 0 bridgehead atoms.